The first-order chi connectivity index (χ1) is 14.5. The van der Waals surface area contributed by atoms with E-state index in [9.17, 15) is 19.2 Å². The Kier molecular flexibility index (Phi) is 6.33. The van der Waals surface area contributed by atoms with E-state index in [-0.39, 0.29) is 18.4 Å². The largest absolute Gasteiger partial charge is 0.444 e. The molecule has 31 heavy (non-hydrogen) atoms. The molecule has 1 aliphatic rings. The lowest BCUT2D eigenvalue weighted by Gasteiger charge is -2.25. The van der Waals surface area contributed by atoms with Gasteiger partial charge in [0, 0.05) is 29.8 Å². The second kappa shape index (κ2) is 8.79. The summed E-state index contributed by atoms with van der Waals surface area (Å²) < 4.78 is 10.3. The lowest BCUT2D eigenvalue weighted by molar-refractivity contribution is -0.135. The molecule has 0 unspecified atom stereocenters. The van der Waals surface area contributed by atoms with Crippen molar-refractivity contribution in [3.05, 3.63) is 40.2 Å². The number of hydrogen-bond donors (Lipinski definition) is 2. The van der Waals surface area contributed by atoms with Crippen molar-refractivity contribution in [1.29, 1.82) is 0 Å². The maximum atomic E-state index is 12.8. The normalized spacial score (nSPS) is 16.3. The Morgan fingerprint density at radius 1 is 1.23 bits per heavy atom. The summed E-state index contributed by atoms with van der Waals surface area (Å²) in [5, 5.41) is 6.00. The molecule has 0 bridgehead atoms. The van der Waals surface area contributed by atoms with Crippen LogP contribution < -0.4 is 16.3 Å². The molecule has 1 saturated heterocycles. The molecule has 166 valence electrons. The van der Waals surface area contributed by atoms with Gasteiger partial charge in [0.25, 0.3) is 0 Å². The maximum absolute atomic E-state index is 12.8. The van der Waals surface area contributed by atoms with Crippen molar-refractivity contribution < 1.29 is 23.5 Å². The van der Waals surface area contributed by atoms with Crippen molar-refractivity contribution in [1.82, 2.24) is 10.2 Å². The third-order valence-corrected chi connectivity index (χ3v) is 4.88. The molecule has 3 rings (SSSR count). The van der Waals surface area contributed by atoms with Crippen LogP contribution in [0.4, 0.5) is 10.5 Å². The minimum Gasteiger partial charge on any atom is -0.444 e. The summed E-state index contributed by atoms with van der Waals surface area (Å²) in [5.74, 6) is -0.693. The number of alkyl carbamates (subject to hydrolysis) is 1. The summed E-state index contributed by atoms with van der Waals surface area (Å²) in [7, 11) is 0. The number of anilines is 1. The Bertz CT molecular complexity index is 1070. The second-order valence-corrected chi connectivity index (χ2v) is 8.55. The molecule has 1 atom stereocenters. The number of aryl methyl sites for hydroxylation is 1. The van der Waals surface area contributed by atoms with Crippen molar-refractivity contribution in [2.45, 2.75) is 52.2 Å². The zero-order chi connectivity index (χ0) is 22.8. The molecule has 9 heteroatoms. The van der Waals surface area contributed by atoms with Crippen molar-refractivity contribution >= 4 is 34.6 Å². The number of nitrogens with one attached hydrogen (secondary N) is 2. The van der Waals surface area contributed by atoms with Crippen LogP contribution in [0.5, 0.6) is 0 Å². The van der Waals surface area contributed by atoms with E-state index in [1.165, 1.54) is 11.0 Å². The summed E-state index contributed by atoms with van der Waals surface area (Å²) in [4.78, 5) is 50.2. The Balaban J connectivity index is 1.64. The summed E-state index contributed by atoms with van der Waals surface area (Å²) in [6.45, 7) is 7.18. The van der Waals surface area contributed by atoms with Gasteiger partial charge in [-0.25, -0.2) is 9.59 Å². The molecule has 2 N–H and O–H groups in total. The van der Waals surface area contributed by atoms with Crippen LogP contribution in [0.15, 0.2) is 33.5 Å². The fraction of sp³-hybridized carbons (Fsp3) is 0.455. The van der Waals surface area contributed by atoms with Gasteiger partial charge in [0.05, 0.1) is 0 Å². The van der Waals surface area contributed by atoms with E-state index >= 15 is 0 Å². The molecule has 0 radical (unpaired) electrons. The quantitative estimate of drug-likeness (QED) is 0.721. The third kappa shape index (κ3) is 5.62. The molecule has 1 aliphatic heterocycles. The van der Waals surface area contributed by atoms with Gasteiger partial charge in [-0.3, -0.25) is 9.59 Å². The van der Waals surface area contributed by atoms with Crippen LogP contribution in [0, 0.1) is 6.92 Å². The van der Waals surface area contributed by atoms with Gasteiger partial charge in [0.1, 0.15) is 23.8 Å². The molecular formula is C22H27N3O6. The lowest BCUT2D eigenvalue weighted by Crippen LogP contribution is -2.47. The zero-order valence-corrected chi connectivity index (χ0v) is 18.1. The average molecular weight is 429 g/mol. The molecule has 0 saturated carbocycles. The minimum atomic E-state index is -0.686. The van der Waals surface area contributed by atoms with Crippen molar-refractivity contribution in [2.24, 2.45) is 0 Å². The summed E-state index contributed by atoms with van der Waals surface area (Å²) in [6, 6.07) is 5.85. The summed E-state index contributed by atoms with van der Waals surface area (Å²) >= 11 is 0. The Labute approximate surface area is 179 Å². The van der Waals surface area contributed by atoms with Gasteiger partial charge in [-0.2, -0.15) is 0 Å². The van der Waals surface area contributed by atoms with E-state index in [4.69, 9.17) is 9.15 Å². The number of hydrogen-bond acceptors (Lipinski definition) is 6. The van der Waals surface area contributed by atoms with Crippen LogP contribution in [-0.2, 0) is 14.3 Å². The Hall–Kier alpha value is -3.36. The van der Waals surface area contributed by atoms with E-state index in [1.54, 1.807) is 39.0 Å². The molecule has 0 spiro atoms. The van der Waals surface area contributed by atoms with Crippen LogP contribution in [0.3, 0.4) is 0 Å². The summed E-state index contributed by atoms with van der Waals surface area (Å²) in [5.41, 5.74) is 0.509. The third-order valence-electron chi connectivity index (χ3n) is 4.88. The van der Waals surface area contributed by atoms with Crippen LogP contribution in [-0.4, -0.2) is 47.5 Å². The topological polar surface area (TPSA) is 118 Å². The van der Waals surface area contributed by atoms with E-state index in [1.807, 2.05) is 6.92 Å². The number of carbonyl (C=O) groups is 3. The van der Waals surface area contributed by atoms with Crippen LogP contribution in [0.1, 0.15) is 39.2 Å². The summed E-state index contributed by atoms with van der Waals surface area (Å²) in [6.07, 6.45) is 0.516. The molecule has 3 amide bonds. The van der Waals surface area contributed by atoms with Gasteiger partial charge in [0.2, 0.25) is 11.8 Å². The first-order valence-corrected chi connectivity index (χ1v) is 10.2. The van der Waals surface area contributed by atoms with Crippen LogP contribution in [0.2, 0.25) is 0 Å². The molecule has 2 aromatic rings. The highest BCUT2D eigenvalue weighted by Gasteiger charge is 2.34. The standard InChI is InChI=1S/C22H27N3O6/c1-13-10-19(27)30-17-11-14(7-8-15(13)17)24-20(28)16-6-5-9-25(16)18(26)12-23-21(29)31-22(2,3)4/h7-8,10-11,16H,5-6,9,12H2,1-4H3,(H,23,29)(H,24,28)/t16-/m0/s1. The molecule has 1 aromatic carbocycles. The number of likely N-dealkylation sites (tertiary alicyclic amines) is 1. The Morgan fingerprint density at radius 2 is 1.97 bits per heavy atom. The predicted octanol–water partition coefficient (Wildman–Crippen LogP) is 2.56. The van der Waals surface area contributed by atoms with Gasteiger partial charge >= 0.3 is 11.7 Å². The zero-order valence-electron chi connectivity index (χ0n) is 18.1. The monoisotopic (exact) mass is 429 g/mol. The van der Waals surface area contributed by atoms with Crippen molar-refractivity contribution in [3.63, 3.8) is 0 Å². The van der Waals surface area contributed by atoms with Gasteiger partial charge in [-0.05, 0) is 58.2 Å². The van der Waals surface area contributed by atoms with Gasteiger partial charge < -0.3 is 24.7 Å². The molecule has 0 aliphatic carbocycles. The highest BCUT2D eigenvalue weighted by molar-refractivity contribution is 5.99. The molecular weight excluding hydrogens is 402 g/mol. The lowest BCUT2D eigenvalue weighted by atomic mass is 10.1. The second-order valence-electron chi connectivity index (χ2n) is 8.55. The number of benzene rings is 1. The van der Waals surface area contributed by atoms with E-state index in [0.29, 0.717) is 30.7 Å². The van der Waals surface area contributed by atoms with Crippen molar-refractivity contribution in [2.75, 3.05) is 18.4 Å². The fourth-order valence-corrected chi connectivity index (χ4v) is 3.53. The van der Waals surface area contributed by atoms with E-state index < -0.39 is 23.4 Å². The van der Waals surface area contributed by atoms with Crippen LogP contribution in [0.25, 0.3) is 11.0 Å². The molecule has 2 heterocycles. The number of rotatable bonds is 4. The first kappa shape index (κ1) is 22.3. The number of amides is 3. The predicted molar refractivity (Wildman–Crippen MR) is 115 cm³/mol. The van der Waals surface area contributed by atoms with Gasteiger partial charge in [-0.1, -0.05) is 0 Å². The van der Waals surface area contributed by atoms with Gasteiger partial charge in [-0.15, -0.1) is 0 Å². The minimum absolute atomic E-state index is 0.251. The van der Waals surface area contributed by atoms with Gasteiger partial charge in [0.15, 0.2) is 0 Å². The number of nitrogens with zero attached hydrogens (tertiary/aromatic N) is 1. The Morgan fingerprint density at radius 3 is 2.68 bits per heavy atom. The smallest absolute Gasteiger partial charge is 0.408 e. The number of carbonyl (C=O) groups excluding carboxylic acids is 3. The van der Waals surface area contributed by atoms with E-state index in [2.05, 4.69) is 10.6 Å². The van der Waals surface area contributed by atoms with E-state index in [0.717, 1.165) is 10.9 Å². The first-order valence-electron chi connectivity index (χ1n) is 10.2. The molecule has 1 fully saturated rings. The van der Waals surface area contributed by atoms with Crippen molar-refractivity contribution in [3.8, 4) is 0 Å². The molecule has 1 aromatic heterocycles. The number of fused-ring (bicyclic) bond motifs is 1. The molecule has 9 nitrogen and oxygen atoms in total. The highest BCUT2D eigenvalue weighted by Crippen LogP contribution is 2.23. The van der Waals surface area contributed by atoms with Crippen LogP contribution >= 0.6 is 0 Å². The number of ether oxygens (including phenoxy) is 1. The highest BCUT2D eigenvalue weighted by atomic mass is 16.6. The SMILES string of the molecule is Cc1cc(=O)oc2cc(NC(=O)[C@@H]3CCCN3C(=O)CNC(=O)OC(C)(C)C)ccc12. The average Bonchev–Trinajstić information content (AvgIpc) is 3.14. The maximum Gasteiger partial charge on any atom is 0.408 e. The fourth-order valence-electron chi connectivity index (χ4n) is 3.53.